The van der Waals surface area contributed by atoms with E-state index in [0.717, 1.165) is 28.5 Å². The largest absolute Gasteiger partial charge is 0.478 e. The molecular formula is C18H18ClNO2S. The summed E-state index contributed by atoms with van der Waals surface area (Å²) in [5.74, 6) is -0.260. The molecule has 0 atom stereocenters. The van der Waals surface area contributed by atoms with Crippen molar-refractivity contribution in [3.63, 3.8) is 0 Å². The molecule has 120 valence electrons. The van der Waals surface area contributed by atoms with Crippen molar-refractivity contribution in [1.82, 2.24) is 4.98 Å². The van der Waals surface area contributed by atoms with Gasteiger partial charge in [-0.15, -0.1) is 11.8 Å². The number of nitrogens with zero attached hydrogens (tertiary/aromatic N) is 1. The van der Waals surface area contributed by atoms with Gasteiger partial charge in [-0.3, -0.25) is 4.98 Å². The second-order valence-corrected chi connectivity index (χ2v) is 7.10. The standard InChI is InChI=1S/C18H18ClNO2S/c19-16-9-7-12-4-2-1-3-5-15(12)17(16)23-11-14-8-6-13(10-20-14)18(21)22/h6-10H,1-5,11H2,(H,21,22). The summed E-state index contributed by atoms with van der Waals surface area (Å²) in [4.78, 5) is 16.3. The molecule has 0 unspecified atom stereocenters. The van der Waals surface area contributed by atoms with Gasteiger partial charge in [0, 0.05) is 16.8 Å². The number of thioether (sulfide) groups is 1. The van der Waals surface area contributed by atoms with Gasteiger partial charge in [0.15, 0.2) is 0 Å². The minimum absolute atomic E-state index is 0.213. The van der Waals surface area contributed by atoms with Crippen LogP contribution in [0.25, 0.3) is 0 Å². The highest BCUT2D eigenvalue weighted by Gasteiger charge is 2.15. The molecule has 3 rings (SSSR count). The lowest BCUT2D eigenvalue weighted by molar-refractivity contribution is 0.0696. The third kappa shape index (κ3) is 3.88. The molecule has 1 aliphatic carbocycles. The molecule has 0 saturated heterocycles. The van der Waals surface area contributed by atoms with Crippen molar-refractivity contribution in [2.24, 2.45) is 0 Å². The number of carbonyl (C=O) groups is 1. The first kappa shape index (κ1) is 16.3. The van der Waals surface area contributed by atoms with Crippen molar-refractivity contribution < 1.29 is 9.90 Å². The monoisotopic (exact) mass is 347 g/mol. The second-order valence-electron chi connectivity index (χ2n) is 5.71. The number of pyridine rings is 1. The summed E-state index contributed by atoms with van der Waals surface area (Å²) >= 11 is 8.12. The zero-order chi connectivity index (χ0) is 16.2. The van der Waals surface area contributed by atoms with E-state index in [1.165, 1.54) is 36.6 Å². The van der Waals surface area contributed by atoms with Gasteiger partial charge in [0.25, 0.3) is 0 Å². The van der Waals surface area contributed by atoms with Gasteiger partial charge in [-0.05, 0) is 55.0 Å². The van der Waals surface area contributed by atoms with E-state index in [9.17, 15) is 4.79 Å². The summed E-state index contributed by atoms with van der Waals surface area (Å²) in [6, 6.07) is 7.52. The Labute approximate surface area is 145 Å². The average Bonchev–Trinajstić information content (AvgIpc) is 2.80. The number of aromatic nitrogens is 1. The molecule has 0 amide bonds. The molecular weight excluding hydrogens is 330 g/mol. The predicted octanol–water partition coefficient (Wildman–Crippen LogP) is 4.99. The van der Waals surface area contributed by atoms with Gasteiger partial charge in [-0.25, -0.2) is 4.79 Å². The van der Waals surface area contributed by atoms with Crippen molar-refractivity contribution in [2.75, 3.05) is 0 Å². The summed E-state index contributed by atoms with van der Waals surface area (Å²) in [5.41, 5.74) is 3.89. The smallest absolute Gasteiger partial charge is 0.337 e. The summed E-state index contributed by atoms with van der Waals surface area (Å²) < 4.78 is 0. The van der Waals surface area contributed by atoms with Crippen LogP contribution in [0.4, 0.5) is 0 Å². The minimum Gasteiger partial charge on any atom is -0.478 e. The van der Waals surface area contributed by atoms with Crippen LogP contribution in [0.3, 0.4) is 0 Å². The van der Waals surface area contributed by atoms with E-state index in [2.05, 4.69) is 11.1 Å². The number of halogens is 1. The summed E-state index contributed by atoms with van der Waals surface area (Å²) in [6.07, 6.45) is 7.36. The van der Waals surface area contributed by atoms with Crippen LogP contribution in [0.15, 0.2) is 35.4 Å². The Morgan fingerprint density at radius 2 is 2.00 bits per heavy atom. The molecule has 0 saturated carbocycles. The van der Waals surface area contributed by atoms with E-state index >= 15 is 0 Å². The number of rotatable bonds is 4. The highest BCUT2D eigenvalue weighted by Crippen LogP contribution is 2.37. The van der Waals surface area contributed by atoms with Crippen LogP contribution >= 0.6 is 23.4 Å². The van der Waals surface area contributed by atoms with E-state index in [1.807, 2.05) is 6.07 Å². The molecule has 1 N–H and O–H groups in total. The van der Waals surface area contributed by atoms with Gasteiger partial charge in [0.2, 0.25) is 0 Å². The van der Waals surface area contributed by atoms with Gasteiger partial charge in [-0.2, -0.15) is 0 Å². The van der Waals surface area contributed by atoms with Crippen molar-refractivity contribution in [3.8, 4) is 0 Å². The van der Waals surface area contributed by atoms with E-state index < -0.39 is 5.97 Å². The predicted molar refractivity (Wildman–Crippen MR) is 93.5 cm³/mol. The van der Waals surface area contributed by atoms with Crippen LogP contribution in [0.1, 0.15) is 46.4 Å². The number of hydrogen-bond donors (Lipinski definition) is 1. The van der Waals surface area contributed by atoms with Gasteiger partial charge >= 0.3 is 5.97 Å². The first-order chi connectivity index (χ1) is 11.1. The number of benzene rings is 1. The zero-order valence-electron chi connectivity index (χ0n) is 12.7. The summed E-state index contributed by atoms with van der Waals surface area (Å²) in [6.45, 7) is 0. The Kier molecular flexibility index (Phi) is 5.23. The number of aryl methyl sites for hydroxylation is 1. The van der Waals surface area contributed by atoms with Crippen LogP contribution in [-0.2, 0) is 18.6 Å². The van der Waals surface area contributed by atoms with Crippen molar-refractivity contribution in [3.05, 3.63) is 57.9 Å². The molecule has 0 fully saturated rings. The van der Waals surface area contributed by atoms with Crippen LogP contribution < -0.4 is 0 Å². The van der Waals surface area contributed by atoms with Crippen molar-refractivity contribution in [2.45, 2.75) is 42.8 Å². The molecule has 1 aromatic carbocycles. The van der Waals surface area contributed by atoms with Crippen LogP contribution in [0.2, 0.25) is 5.02 Å². The average molecular weight is 348 g/mol. The molecule has 5 heteroatoms. The topological polar surface area (TPSA) is 50.2 Å². The van der Waals surface area contributed by atoms with Crippen LogP contribution in [0, 0.1) is 0 Å². The van der Waals surface area contributed by atoms with Crippen LogP contribution in [-0.4, -0.2) is 16.1 Å². The lowest BCUT2D eigenvalue weighted by atomic mass is 10.0. The Morgan fingerprint density at radius 1 is 1.17 bits per heavy atom. The fourth-order valence-corrected chi connectivity index (χ4v) is 4.30. The third-order valence-electron chi connectivity index (χ3n) is 4.12. The Hall–Kier alpha value is -1.52. The first-order valence-corrected chi connectivity index (χ1v) is 9.13. The third-order valence-corrected chi connectivity index (χ3v) is 5.74. The number of hydrogen-bond acceptors (Lipinski definition) is 3. The highest BCUT2D eigenvalue weighted by atomic mass is 35.5. The molecule has 1 aliphatic rings. The lowest BCUT2D eigenvalue weighted by Gasteiger charge is -2.14. The van der Waals surface area contributed by atoms with Gasteiger partial charge < -0.3 is 5.11 Å². The number of carboxylic acid groups (broad SMARTS) is 1. The maximum Gasteiger partial charge on any atom is 0.337 e. The molecule has 3 nitrogen and oxygen atoms in total. The maximum atomic E-state index is 10.9. The van der Waals surface area contributed by atoms with Gasteiger partial charge in [0.05, 0.1) is 16.3 Å². The van der Waals surface area contributed by atoms with E-state index in [-0.39, 0.29) is 5.56 Å². The highest BCUT2D eigenvalue weighted by molar-refractivity contribution is 7.98. The van der Waals surface area contributed by atoms with Crippen molar-refractivity contribution in [1.29, 1.82) is 0 Å². The molecule has 0 aliphatic heterocycles. The minimum atomic E-state index is -0.951. The Balaban J connectivity index is 1.78. The van der Waals surface area contributed by atoms with E-state index in [1.54, 1.807) is 23.9 Å². The SMILES string of the molecule is O=C(O)c1ccc(CSc2c(Cl)ccc3c2CCCCC3)nc1. The molecule has 0 spiro atoms. The fraction of sp³-hybridized carbons (Fsp3) is 0.333. The summed E-state index contributed by atoms with van der Waals surface area (Å²) in [7, 11) is 0. The molecule has 23 heavy (non-hydrogen) atoms. The molecule has 0 radical (unpaired) electrons. The summed E-state index contributed by atoms with van der Waals surface area (Å²) in [5, 5.41) is 9.72. The van der Waals surface area contributed by atoms with E-state index in [4.69, 9.17) is 16.7 Å². The Morgan fingerprint density at radius 3 is 2.74 bits per heavy atom. The molecule has 1 heterocycles. The number of aromatic carboxylic acids is 1. The maximum absolute atomic E-state index is 10.9. The molecule has 1 aromatic heterocycles. The number of carboxylic acids is 1. The lowest BCUT2D eigenvalue weighted by Crippen LogP contribution is -1.99. The van der Waals surface area contributed by atoms with Gasteiger partial charge in [0.1, 0.15) is 0 Å². The first-order valence-electron chi connectivity index (χ1n) is 7.76. The van der Waals surface area contributed by atoms with E-state index in [0.29, 0.717) is 5.75 Å². The fourth-order valence-electron chi connectivity index (χ4n) is 2.88. The van der Waals surface area contributed by atoms with Crippen molar-refractivity contribution >= 4 is 29.3 Å². The molecule has 0 bridgehead atoms. The quantitative estimate of drug-likeness (QED) is 0.625. The van der Waals surface area contributed by atoms with Crippen LogP contribution in [0.5, 0.6) is 0 Å². The number of fused-ring (bicyclic) bond motifs is 1. The normalized spacial score (nSPS) is 14.1. The second kappa shape index (κ2) is 7.37. The molecule has 2 aromatic rings. The zero-order valence-corrected chi connectivity index (χ0v) is 14.3. The van der Waals surface area contributed by atoms with Gasteiger partial charge in [-0.1, -0.05) is 24.1 Å². The Bertz CT molecular complexity index is 716.